The molecular weight excluding hydrogens is 228 g/mol. The maximum absolute atomic E-state index is 12.1. The fraction of sp³-hybridized carbons (Fsp3) is 0.571. The van der Waals surface area contributed by atoms with Crippen LogP contribution >= 0.6 is 0 Å². The van der Waals surface area contributed by atoms with Gasteiger partial charge in [-0.05, 0) is 43.6 Å². The first-order valence-corrected chi connectivity index (χ1v) is 6.59. The summed E-state index contributed by atoms with van der Waals surface area (Å²) in [5.41, 5.74) is 0.613. The van der Waals surface area contributed by atoms with Crippen LogP contribution in [0.4, 0.5) is 0 Å². The van der Waals surface area contributed by atoms with Crippen molar-refractivity contribution in [3.63, 3.8) is 0 Å². The minimum Gasteiger partial charge on any atom is -0.481 e. The first-order chi connectivity index (χ1) is 8.78. The molecule has 0 spiro atoms. The smallest absolute Gasteiger partial charge is 0.253 e. The summed E-state index contributed by atoms with van der Waals surface area (Å²) in [6, 6.07) is 3.87. The highest BCUT2D eigenvalue weighted by molar-refractivity contribution is 5.94. The Morgan fingerprint density at radius 1 is 1.33 bits per heavy atom. The van der Waals surface area contributed by atoms with Crippen molar-refractivity contribution >= 4 is 5.91 Å². The van der Waals surface area contributed by atoms with Crippen molar-refractivity contribution in [3.05, 3.63) is 23.9 Å². The molecule has 1 N–H and O–H groups in total. The largest absolute Gasteiger partial charge is 0.481 e. The average molecular weight is 246 g/mol. The average Bonchev–Trinajstić information content (AvgIpc) is 3.29. The molecule has 1 heterocycles. The van der Waals surface area contributed by atoms with Gasteiger partial charge in [-0.25, -0.2) is 4.98 Å². The lowest BCUT2D eigenvalue weighted by atomic mass is 10.1. The van der Waals surface area contributed by atoms with E-state index in [1.54, 1.807) is 25.4 Å². The number of amides is 1. The molecule has 0 saturated heterocycles. The molecule has 4 heteroatoms. The van der Waals surface area contributed by atoms with E-state index in [-0.39, 0.29) is 5.91 Å². The van der Waals surface area contributed by atoms with Crippen LogP contribution in [-0.4, -0.2) is 24.0 Å². The highest BCUT2D eigenvalue weighted by Gasteiger charge is 2.42. The van der Waals surface area contributed by atoms with Crippen LogP contribution in [0, 0.1) is 11.8 Å². The Morgan fingerprint density at radius 3 is 2.44 bits per heavy atom. The van der Waals surface area contributed by atoms with Gasteiger partial charge < -0.3 is 10.1 Å². The van der Waals surface area contributed by atoms with Crippen LogP contribution in [-0.2, 0) is 0 Å². The summed E-state index contributed by atoms with van der Waals surface area (Å²) in [7, 11) is 1.57. The zero-order valence-corrected chi connectivity index (χ0v) is 10.6. The van der Waals surface area contributed by atoms with Crippen molar-refractivity contribution < 1.29 is 9.53 Å². The minimum absolute atomic E-state index is 0.00560. The number of ether oxygens (including phenoxy) is 1. The predicted octanol–water partition coefficient (Wildman–Crippen LogP) is 2.01. The number of nitrogens with one attached hydrogen (secondary N) is 1. The van der Waals surface area contributed by atoms with Gasteiger partial charge in [-0.2, -0.15) is 0 Å². The summed E-state index contributed by atoms with van der Waals surface area (Å²) < 4.78 is 4.98. The molecule has 2 aliphatic rings. The normalized spacial score (nSPS) is 18.8. The van der Waals surface area contributed by atoms with Crippen molar-refractivity contribution in [1.29, 1.82) is 0 Å². The van der Waals surface area contributed by atoms with Gasteiger partial charge in [-0.15, -0.1) is 0 Å². The molecule has 96 valence electrons. The van der Waals surface area contributed by atoms with E-state index in [1.165, 1.54) is 25.7 Å². The molecule has 0 radical (unpaired) electrons. The van der Waals surface area contributed by atoms with Crippen LogP contribution in [0.2, 0.25) is 0 Å². The van der Waals surface area contributed by atoms with Crippen molar-refractivity contribution in [2.24, 2.45) is 11.8 Å². The van der Waals surface area contributed by atoms with Gasteiger partial charge in [0, 0.05) is 18.3 Å². The van der Waals surface area contributed by atoms with E-state index >= 15 is 0 Å². The quantitative estimate of drug-likeness (QED) is 0.864. The third kappa shape index (κ3) is 2.47. The number of pyridine rings is 1. The van der Waals surface area contributed by atoms with E-state index in [4.69, 9.17) is 4.74 Å². The molecule has 2 fully saturated rings. The van der Waals surface area contributed by atoms with Gasteiger partial charge in [-0.1, -0.05) is 0 Å². The number of carbonyl (C=O) groups is 1. The van der Waals surface area contributed by atoms with Gasteiger partial charge in [-0.3, -0.25) is 4.79 Å². The van der Waals surface area contributed by atoms with E-state index in [0.29, 0.717) is 29.3 Å². The van der Waals surface area contributed by atoms with E-state index in [9.17, 15) is 4.79 Å². The molecule has 0 aliphatic heterocycles. The van der Waals surface area contributed by atoms with Crippen molar-refractivity contribution in [2.75, 3.05) is 7.11 Å². The van der Waals surface area contributed by atoms with Crippen molar-refractivity contribution in [2.45, 2.75) is 31.7 Å². The second-order valence-corrected chi connectivity index (χ2v) is 5.26. The number of hydrogen-bond donors (Lipinski definition) is 1. The Labute approximate surface area is 107 Å². The molecular formula is C14H18N2O2. The van der Waals surface area contributed by atoms with Gasteiger partial charge >= 0.3 is 0 Å². The Morgan fingerprint density at radius 2 is 2.00 bits per heavy atom. The fourth-order valence-corrected chi connectivity index (χ4v) is 2.40. The molecule has 18 heavy (non-hydrogen) atoms. The number of rotatable bonds is 5. The highest BCUT2D eigenvalue weighted by Crippen LogP contribution is 2.44. The van der Waals surface area contributed by atoms with Crippen LogP contribution in [0.5, 0.6) is 5.88 Å². The van der Waals surface area contributed by atoms with Crippen molar-refractivity contribution in [3.8, 4) is 5.88 Å². The van der Waals surface area contributed by atoms with Gasteiger partial charge in [0.2, 0.25) is 5.88 Å². The third-order valence-electron chi connectivity index (χ3n) is 3.77. The summed E-state index contributed by atoms with van der Waals surface area (Å²) in [5, 5.41) is 3.17. The first-order valence-electron chi connectivity index (χ1n) is 6.59. The topological polar surface area (TPSA) is 51.2 Å². The maximum Gasteiger partial charge on any atom is 0.253 e. The zero-order chi connectivity index (χ0) is 12.5. The van der Waals surface area contributed by atoms with Gasteiger partial charge in [0.25, 0.3) is 5.91 Å². The van der Waals surface area contributed by atoms with Gasteiger partial charge in [0.1, 0.15) is 0 Å². The molecule has 2 saturated carbocycles. The predicted molar refractivity (Wildman–Crippen MR) is 67.5 cm³/mol. The Kier molecular flexibility index (Phi) is 2.94. The number of carbonyl (C=O) groups excluding carboxylic acids is 1. The van der Waals surface area contributed by atoms with Gasteiger partial charge in [0.15, 0.2) is 0 Å². The zero-order valence-electron chi connectivity index (χ0n) is 10.6. The maximum atomic E-state index is 12.1. The number of nitrogens with zero attached hydrogens (tertiary/aromatic N) is 1. The summed E-state index contributed by atoms with van der Waals surface area (Å²) in [6.07, 6.45) is 6.64. The second kappa shape index (κ2) is 4.59. The summed E-state index contributed by atoms with van der Waals surface area (Å²) >= 11 is 0. The lowest BCUT2D eigenvalue weighted by Crippen LogP contribution is -2.38. The Hall–Kier alpha value is -1.58. The van der Waals surface area contributed by atoms with E-state index < -0.39 is 0 Å². The molecule has 3 rings (SSSR count). The molecule has 2 aliphatic carbocycles. The van der Waals surface area contributed by atoms with E-state index in [2.05, 4.69) is 10.3 Å². The summed E-state index contributed by atoms with van der Waals surface area (Å²) in [6.45, 7) is 0. The van der Waals surface area contributed by atoms with E-state index in [1.807, 2.05) is 0 Å². The monoisotopic (exact) mass is 246 g/mol. The minimum atomic E-state index is -0.00560. The van der Waals surface area contributed by atoms with Crippen LogP contribution in [0.1, 0.15) is 36.0 Å². The molecule has 1 aromatic rings. The fourth-order valence-electron chi connectivity index (χ4n) is 2.40. The Bertz CT molecular complexity index is 424. The van der Waals surface area contributed by atoms with Crippen molar-refractivity contribution in [1.82, 2.24) is 10.3 Å². The number of aromatic nitrogens is 1. The summed E-state index contributed by atoms with van der Waals surface area (Å²) in [5.74, 6) is 1.96. The highest BCUT2D eigenvalue weighted by atomic mass is 16.5. The summed E-state index contributed by atoms with van der Waals surface area (Å²) in [4.78, 5) is 16.2. The first kappa shape index (κ1) is 11.5. The molecule has 1 amide bonds. The molecule has 4 nitrogen and oxygen atoms in total. The molecule has 0 bridgehead atoms. The SMILES string of the molecule is COc1ccc(C(=O)NC(C2CC2)C2CC2)cn1. The lowest BCUT2D eigenvalue weighted by Gasteiger charge is -2.17. The van der Waals surface area contributed by atoms with Crippen LogP contribution in [0.15, 0.2) is 18.3 Å². The van der Waals surface area contributed by atoms with Crippen LogP contribution in [0.25, 0.3) is 0 Å². The van der Waals surface area contributed by atoms with Crippen LogP contribution < -0.4 is 10.1 Å². The number of hydrogen-bond acceptors (Lipinski definition) is 3. The molecule has 0 atom stereocenters. The van der Waals surface area contributed by atoms with Gasteiger partial charge in [0.05, 0.1) is 12.7 Å². The lowest BCUT2D eigenvalue weighted by molar-refractivity contribution is 0.0926. The van der Waals surface area contributed by atoms with E-state index in [0.717, 1.165) is 0 Å². The number of methoxy groups -OCH3 is 1. The molecule has 0 aromatic carbocycles. The second-order valence-electron chi connectivity index (χ2n) is 5.26. The molecule has 0 unspecified atom stereocenters. The standard InChI is InChI=1S/C14H18N2O2/c1-18-12-7-6-11(8-15-12)14(17)16-13(9-2-3-9)10-4-5-10/h6-10,13H,2-5H2,1H3,(H,16,17). The molecule has 1 aromatic heterocycles. The van der Waals surface area contributed by atoms with Crippen LogP contribution in [0.3, 0.4) is 0 Å². The third-order valence-corrected chi connectivity index (χ3v) is 3.77. The Balaban J connectivity index is 1.65.